The molecule has 0 aliphatic heterocycles. The third-order valence-electron chi connectivity index (χ3n) is 3.79. The monoisotopic (exact) mass is 387 g/mol. The van der Waals surface area contributed by atoms with Crippen LogP contribution in [0, 0.1) is 0 Å². The molecular weight excluding hydrogens is 358 g/mol. The molecule has 2 aromatic carbocycles. The highest BCUT2D eigenvalue weighted by molar-refractivity contribution is 7.84. The Bertz CT molecular complexity index is 787. The summed E-state index contributed by atoms with van der Waals surface area (Å²) < 4.78 is 20.9. The van der Waals surface area contributed by atoms with E-state index in [4.69, 9.17) is 4.74 Å². The van der Waals surface area contributed by atoms with E-state index in [1.54, 1.807) is 12.1 Å². The number of nitrogens with one attached hydrogen (secondary N) is 1. The van der Waals surface area contributed by atoms with Crippen LogP contribution in [0.1, 0.15) is 69.1 Å². The topological polar surface area (TPSA) is 55.4 Å². The number of carbonyl (C=O) groups is 1. The Morgan fingerprint density at radius 2 is 1.41 bits per heavy atom. The van der Waals surface area contributed by atoms with Crippen LogP contribution in [-0.4, -0.2) is 20.5 Å². The van der Waals surface area contributed by atoms with Crippen molar-refractivity contribution in [1.82, 2.24) is 4.72 Å². The summed E-state index contributed by atoms with van der Waals surface area (Å²) in [5.74, 6) is -0.350. The van der Waals surface area contributed by atoms with Gasteiger partial charge in [0.05, 0.1) is 27.3 Å². The number of esters is 1. The van der Waals surface area contributed by atoms with E-state index in [0.29, 0.717) is 5.56 Å². The van der Waals surface area contributed by atoms with Crippen molar-refractivity contribution >= 4 is 17.0 Å². The minimum Gasteiger partial charge on any atom is -0.456 e. The summed E-state index contributed by atoms with van der Waals surface area (Å²) in [4.78, 5) is 12.2. The second kappa shape index (κ2) is 8.36. The lowest BCUT2D eigenvalue weighted by Gasteiger charge is -2.25. The fourth-order valence-electron chi connectivity index (χ4n) is 2.41. The molecule has 0 spiro atoms. The molecule has 4 nitrogen and oxygen atoms in total. The summed E-state index contributed by atoms with van der Waals surface area (Å²) in [6.45, 7) is 11.3. The Morgan fingerprint density at radius 3 is 1.89 bits per heavy atom. The molecule has 0 fully saturated rings. The summed E-state index contributed by atoms with van der Waals surface area (Å²) in [7, 11) is -1.24. The van der Waals surface area contributed by atoms with E-state index in [2.05, 4.69) is 4.72 Å². The normalized spacial score (nSPS) is 14.4. The van der Waals surface area contributed by atoms with E-state index in [1.165, 1.54) is 0 Å². The Kier molecular flexibility index (Phi) is 6.60. The highest BCUT2D eigenvalue weighted by Crippen LogP contribution is 2.25. The van der Waals surface area contributed by atoms with Crippen molar-refractivity contribution in [3.05, 3.63) is 71.3 Å². The average Bonchev–Trinajstić information content (AvgIpc) is 2.58. The van der Waals surface area contributed by atoms with E-state index in [-0.39, 0.29) is 16.8 Å². The van der Waals surface area contributed by atoms with Crippen LogP contribution in [0.5, 0.6) is 0 Å². The van der Waals surface area contributed by atoms with Gasteiger partial charge in [-0.05, 0) is 64.8 Å². The first kappa shape index (κ1) is 21.3. The zero-order valence-corrected chi connectivity index (χ0v) is 17.7. The minimum atomic E-state index is -1.24. The molecule has 0 saturated carbocycles. The third kappa shape index (κ3) is 6.29. The summed E-state index contributed by atoms with van der Waals surface area (Å²) in [6, 6.07) is 16.9. The highest BCUT2D eigenvalue weighted by Gasteiger charge is 2.25. The first-order chi connectivity index (χ1) is 12.5. The van der Waals surface area contributed by atoms with Crippen molar-refractivity contribution < 1.29 is 13.7 Å². The molecule has 0 saturated heterocycles. The van der Waals surface area contributed by atoms with E-state index in [1.807, 2.05) is 84.0 Å². The Hall–Kier alpha value is -1.98. The zero-order valence-electron chi connectivity index (χ0n) is 16.9. The molecule has 0 amide bonds. The van der Waals surface area contributed by atoms with Gasteiger partial charge < -0.3 is 4.74 Å². The van der Waals surface area contributed by atoms with Gasteiger partial charge in [0.15, 0.2) is 0 Å². The van der Waals surface area contributed by atoms with Crippen molar-refractivity contribution in [2.24, 2.45) is 0 Å². The fourth-order valence-corrected chi connectivity index (χ4v) is 3.25. The predicted molar refractivity (Wildman–Crippen MR) is 111 cm³/mol. The molecule has 0 aliphatic rings. The molecule has 0 radical (unpaired) electrons. The van der Waals surface area contributed by atoms with Crippen LogP contribution in [-0.2, 0) is 15.7 Å². The third-order valence-corrected chi connectivity index (χ3v) is 5.35. The van der Waals surface area contributed by atoms with Crippen molar-refractivity contribution in [3.8, 4) is 0 Å². The first-order valence-electron chi connectivity index (χ1n) is 9.04. The summed E-state index contributed by atoms with van der Waals surface area (Å²) in [5.41, 5.74) is 1.91. The van der Waals surface area contributed by atoms with Gasteiger partial charge >= 0.3 is 5.97 Å². The standard InChI is InChI=1S/C22H29NO3S/c1-21(2,3)26-20(24)18-14-12-17(13-15-18)19(16-10-8-7-9-11-16)23-27(25)22(4,5)6/h7-15,19,23H,1-6H3/t19-,27-/m0/s1. The van der Waals surface area contributed by atoms with Gasteiger partial charge in [-0.15, -0.1) is 0 Å². The van der Waals surface area contributed by atoms with Gasteiger partial charge in [-0.25, -0.2) is 13.7 Å². The van der Waals surface area contributed by atoms with Crippen LogP contribution < -0.4 is 4.72 Å². The molecule has 27 heavy (non-hydrogen) atoms. The largest absolute Gasteiger partial charge is 0.456 e. The van der Waals surface area contributed by atoms with Crippen LogP contribution >= 0.6 is 0 Å². The predicted octanol–water partition coefficient (Wildman–Crippen LogP) is 4.78. The molecular formula is C22H29NO3S. The molecule has 0 aromatic heterocycles. The number of hydrogen-bond acceptors (Lipinski definition) is 3. The number of carbonyl (C=O) groups excluding carboxylic acids is 1. The molecule has 2 rings (SSSR count). The Morgan fingerprint density at radius 1 is 0.889 bits per heavy atom. The summed E-state index contributed by atoms with van der Waals surface area (Å²) >= 11 is 0. The number of hydrogen-bond donors (Lipinski definition) is 1. The number of rotatable bonds is 5. The lowest BCUT2D eigenvalue weighted by atomic mass is 9.98. The van der Waals surface area contributed by atoms with Crippen LogP contribution in [0.25, 0.3) is 0 Å². The number of benzene rings is 2. The van der Waals surface area contributed by atoms with Gasteiger partial charge in [0.25, 0.3) is 0 Å². The van der Waals surface area contributed by atoms with Gasteiger partial charge in [0.1, 0.15) is 5.60 Å². The molecule has 1 N–H and O–H groups in total. The van der Waals surface area contributed by atoms with Gasteiger partial charge in [-0.3, -0.25) is 0 Å². The maximum absolute atomic E-state index is 12.7. The maximum Gasteiger partial charge on any atom is 0.338 e. The fraction of sp³-hybridized carbons (Fsp3) is 0.409. The quantitative estimate of drug-likeness (QED) is 0.751. The Labute approximate surface area is 164 Å². The smallest absolute Gasteiger partial charge is 0.338 e. The molecule has 0 heterocycles. The van der Waals surface area contributed by atoms with Crippen molar-refractivity contribution in [2.75, 3.05) is 0 Å². The molecule has 0 bridgehead atoms. The first-order valence-corrected chi connectivity index (χ1v) is 10.2. The van der Waals surface area contributed by atoms with E-state index < -0.39 is 16.6 Å². The van der Waals surface area contributed by atoms with Crippen LogP contribution in [0.2, 0.25) is 0 Å². The maximum atomic E-state index is 12.7. The lowest BCUT2D eigenvalue weighted by Crippen LogP contribution is -2.36. The molecule has 0 aliphatic carbocycles. The van der Waals surface area contributed by atoms with Gasteiger partial charge in [-0.2, -0.15) is 0 Å². The second-order valence-electron chi connectivity index (χ2n) is 8.47. The minimum absolute atomic E-state index is 0.237. The van der Waals surface area contributed by atoms with Crippen molar-refractivity contribution in [1.29, 1.82) is 0 Å². The van der Waals surface area contributed by atoms with Crippen molar-refractivity contribution in [2.45, 2.75) is 57.9 Å². The van der Waals surface area contributed by atoms with E-state index in [0.717, 1.165) is 11.1 Å². The summed E-state index contributed by atoms with van der Waals surface area (Å²) in [5, 5.41) is 0. The van der Waals surface area contributed by atoms with Gasteiger partial charge in [0, 0.05) is 0 Å². The van der Waals surface area contributed by atoms with Crippen molar-refractivity contribution in [3.63, 3.8) is 0 Å². The average molecular weight is 388 g/mol. The molecule has 2 aromatic rings. The SMILES string of the molecule is CC(C)(C)OC(=O)c1ccc([C@@H](N[S@@](=O)C(C)(C)C)c2ccccc2)cc1. The van der Waals surface area contributed by atoms with E-state index >= 15 is 0 Å². The molecule has 2 atom stereocenters. The summed E-state index contributed by atoms with van der Waals surface area (Å²) in [6.07, 6.45) is 0. The number of ether oxygens (including phenoxy) is 1. The van der Waals surface area contributed by atoms with Crippen LogP contribution in [0.15, 0.2) is 54.6 Å². The Balaban J connectivity index is 2.31. The van der Waals surface area contributed by atoms with Crippen LogP contribution in [0.3, 0.4) is 0 Å². The van der Waals surface area contributed by atoms with Crippen LogP contribution in [0.4, 0.5) is 0 Å². The van der Waals surface area contributed by atoms with E-state index in [9.17, 15) is 9.00 Å². The van der Waals surface area contributed by atoms with Gasteiger partial charge in [0.2, 0.25) is 0 Å². The molecule has 146 valence electrons. The highest BCUT2D eigenvalue weighted by atomic mass is 32.2. The lowest BCUT2D eigenvalue weighted by molar-refractivity contribution is 0.00695. The molecule has 0 unspecified atom stereocenters. The molecule has 5 heteroatoms. The zero-order chi connectivity index (χ0) is 20.2. The van der Waals surface area contributed by atoms with Gasteiger partial charge in [-0.1, -0.05) is 42.5 Å². The second-order valence-corrected chi connectivity index (χ2v) is 10.5.